The van der Waals surface area contributed by atoms with Gasteiger partial charge in [-0.05, 0) is 44.2 Å². The van der Waals surface area contributed by atoms with Gasteiger partial charge in [0.25, 0.3) is 0 Å². The summed E-state index contributed by atoms with van der Waals surface area (Å²) in [5.41, 5.74) is 3.97. The number of likely N-dealkylation sites (N-methyl/N-ethyl adjacent to an activating group) is 1. The Bertz CT molecular complexity index is 283. The standard InChI is InChI=1S/C14H27N3OS/c1-16-5-7-17(8-6-16)15-13-2-9-18-14(12-13)3-10-19-11-4-14/h13,15H,2-12H2,1H3. The van der Waals surface area contributed by atoms with E-state index in [9.17, 15) is 0 Å². The highest BCUT2D eigenvalue weighted by Gasteiger charge is 2.39. The Morgan fingerprint density at radius 2 is 1.89 bits per heavy atom. The summed E-state index contributed by atoms with van der Waals surface area (Å²) in [5, 5.41) is 2.43. The highest BCUT2D eigenvalue weighted by atomic mass is 32.2. The second-order valence-corrected chi connectivity index (χ2v) is 7.48. The van der Waals surface area contributed by atoms with Gasteiger partial charge >= 0.3 is 0 Å². The highest BCUT2D eigenvalue weighted by Crippen LogP contribution is 2.37. The van der Waals surface area contributed by atoms with E-state index in [-0.39, 0.29) is 5.60 Å². The van der Waals surface area contributed by atoms with E-state index in [2.05, 4.69) is 34.1 Å². The van der Waals surface area contributed by atoms with Gasteiger partial charge in [0.05, 0.1) is 5.60 Å². The zero-order valence-corrected chi connectivity index (χ0v) is 12.9. The molecular formula is C14H27N3OS. The molecule has 110 valence electrons. The van der Waals surface area contributed by atoms with Gasteiger partial charge in [0.1, 0.15) is 0 Å². The third-order valence-corrected chi connectivity index (χ3v) is 5.75. The Morgan fingerprint density at radius 3 is 2.63 bits per heavy atom. The third kappa shape index (κ3) is 3.64. The average molecular weight is 285 g/mol. The number of nitrogens with one attached hydrogen (secondary N) is 1. The first-order valence-corrected chi connectivity index (χ1v) is 8.83. The molecule has 1 spiro atoms. The van der Waals surface area contributed by atoms with Gasteiger partial charge in [-0.15, -0.1) is 0 Å². The van der Waals surface area contributed by atoms with Crippen molar-refractivity contribution in [2.24, 2.45) is 0 Å². The molecule has 0 radical (unpaired) electrons. The Labute approximate surface area is 121 Å². The molecule has 3 heterocycles. The minimum absolute atomic E-state index is 0.202. The Kier molecular flexibility index (Phi) is 4.70. The van der Waals surface area contributed by atoms with Crippen molar-refractivity contribution in [1.29, 1.82) is 0 Å². The predicted octanol–water partition coefficient (Wildman–Crippen LogP) is 1.18. The van der Waals surface area contributed by atoms with Gasteiger partial charge in [-0.1, -0.05) is 0 Å². The number of thioether (sulfide) groups is 1. The average Bonchev–Trinajstić information content (AvgIpc) is 2.42. The number of hydrazine groups is 1. The number of piperazine rings is 1. The van der Waals surface area contributed by atoms with Gasteiger partial charge in [0.2, 0.25) is 0 Å². The Morgan fingerprint density at radius 1 is 1.16 bits per heavy atom. The first-order chi connectivity index (χ1) is 9.26. The molecule has 1 atom stereocenters. The van der Waals surface area contributed by atoms with E-state index in [0.29, 0.717) is 6.04 Å². The zero-order valence-electron chi connectivity index (χ0n) is 12.1. The van der Waals surface area contributed by atoms with Crippen LogP contribution in [0.4, 0.5) is 0 Å². The van der Waals surface area contributed by atoms with Crippen LogP contribution in [0.2, 0.25) is 0 Å². The van der Waals surface area contributed by atoms with Crippen LogP contribution in [0.3, 0.4) is 0 Å². The maximum absolute atomic E-state index is 6.16. The summed E-state index contributed by atoms with van der Waals surface area (Å²) in [5.74, 6) is 2.56. The van der Waals surface area contributed by atoms with Crippen molar-refractivity contribution in [1.82, 2.24) is 15.3 Å². The number of hydrogen-bond donors (Lipinski definition) is 1. The molecule has 1 unspecified atom stereocenters. The van der Waals surface area contributed by atoms with Crippen LogP contribution < -0.4 is 5.43 Å². The summed E-state index contributed by atoms with van der Waals surface area (Å²) in [7, 11) is 2.21. The number of rotatable bonds is 2. The molecule has 0 aliphatic carbocycles. The molecule has 3 rings (SSSR count). The fourth-order valence-corrected chi connectivity index (χ4v) is 4.66. The molecule has 0 amide bonds. The molecule has 3 aliphatic heterocycles. The number of nitrogens with zero attached hydrogens (tertiary/aromatic N) is 2. The van der Waals surface area contributed by atoms with Crippen molar-refractivity contribution in [2.75, 3.05) is 51.3 Å². The van der Waals surface area contributed by atoms with Crippen LogP contribution in [0, 0.1) is 0 Å². The highest BCUT2D eigenvalue weighted by molar-refractivity contribution is 7.99. The molecule has 0 aromatic rings. The van der Waals surface area contributed by atoms with Crippen molar-refractivity contribution in [2.45, 2.75) is 37.3 Å². The molecule has 0 aromatic carbocycles. The van der Waals surface area contributed by atoms with Crippen LogP contribution in [0.15, 0.2) is 0 Å². The summed E-state index contributed by atoms with van der Waals surface area (Å²) in [6, 6.07) is 0.625. The van der Waals surface area contributed by atoms with Crippen LogP contribution in [0.1, 0.15) is 25.7 Å². The fourth-order valence-electron chi connectivity index (χ4n) is 3.42. The first-order valence-electron chi connectivity index (χ1n) is 7.67. The fraction of sp³-hybridized carbons (Fsp3) is 1.00. The maximum Gasteiger partial charge on any atom is 0.0713 e. The molecule has 19 heavy (non-hydrogen) atoms. The monoisotopic (exact) mass is 285 g/mol. The Hall–Kier alpha value is 0.190. The number of ether oxygens (including phenoxy) is 1. The molecule has 5 heteroatoms. The van der Waals surface area contributed by atoms with Crippen molar-refractivity contribution in [3.63, 3.8) is 0 Å². The van der Waals surface area contributed by atoms with Crippen molar-refractivity contribution in [3.05, 3.63) is 0 Å². The van der Waals surface area contributed by atoms with E-state index in [1.54, 1.807) is 0 Å². The summed E-state index contributed by atoms with van der Waals surface area (Å²) in [6.45, 7) is 5.60. The first kappa shape index (κ1) is 14.1. The molecule has 3 fully saturated rings. The minimum atomic E-state index is 0.202. The van der Waals surface area contributed by atoms with E-state index < -0.39 is 0 Å². The van der Waals surface area contributed by atoms with Crippen LogP contribution >= 0.6 is 11.8 Å². The van der Waals surface area contributed by atoms with Gasteiger partial charge in [-0.2, -0.15) is 11.8 Å². The van der Waals surface area contributed by atoms with Gasteiger partial charge in [-0.25, -0.2) is 5.01 Å². The molecule has 0 aromatic heterocycles. The lowest BCUT2D eigenvalue weighted by Gasteiger charge is -2.45. The summed E-state index contributed by atoms with van der Waals surface area (Å²) < 4.78 is 6.16. The SMILES string of the molecule is CN1CCN(NC2CCOC3(CCSCC3)C2)CC1. The van der Waals surface area contributed by atoms with Crippen LogP contribution in [-0.4, -0.2) is 72.9 Å². The second-order valence-electron chi connectivity index (χ2n) is 6.25. The molecule has 3 aliphatic rings. The van der Waals surface area contributed by atoms with Crippen molar-refractivity contribution < 1.29 is 4.74 Å². The van der Waals surface area contributed by atoms with Gasteiger partial charge in [-0.3, -0.25) is 5.43 Å². The maximum atomic E-state index is 6.16. The molecule has 1 N–H and O–H groups in total. The largest absolute Gasteiger partial charge is 0.375 e. The second kappa shape index (κ2) is 6.31. The van der Waals surface area contributed by atoms with E-state index >= 15 is 0 Å². The molecule has 0 saturated carbocycles. The molecular weight excluding hydrogens is 258 g/mol. The quantitative estimate of drug-likeness (QED) is 0.822. The van der Waals surface area contributed by atoms with Crippen molar-refractivity contribution >= 4 is 11.8 Å². The van der Waals surface area contributed by atoms with Crippen LogP contribution in [-0.2, 0) is 4.74 Å². The lowest BCUT2D eigenvalue weighted by molar-refractivity contribution is -0.103. The zero-order chi connectivity index (χ0) is 13.1. The van der Waals surface area contributed by atoms with Crippen LogP contribution in [0.25, 0.3) is 0 Å². The number of hydrogen-bond acceptors (Lipinski definition) is 5. The summed E-state index contributed by atoms with van der Waals surface area (Å²) >= 11 is 2.08. The lowest BCUT2D eigenvalue weighted by Crippen LogP contribution is -2.57. The van der Waals surface area contributed by atoms with Crippen LogP contribution in [0.5, 0.6) is 0 Å². The van der Waals surface area contributed by atoms with E-state index in [4.69, 9.17) is 4.74 Å². The normalized spacial score (nSPS) is 33.6. The summed E-state index contributed by atoms with van der Waals surface area (Å²) in [6.07, 6.45) is 4.87. The minimum Gasteiger partial charge on any atom is -0.375 e. The molecule has 0 bridgehead atoms. The van der Waals surface area contributed by atoms with Gasteiger partial charge in [0, 0.05) is 38.8 Å². The molecule has 4 nitrogen and oxygen atoms in total. The van der Waals surface area contributed by atoms with Gasteiger partial charge in [0.15, 0.2) is 0 Å². The Balaban J connectivity index is 1.50. The molecule has 3 saturated heterocycles. The van der Waals surface area contributed by atoms with Gasteiger partial charge < -0.3 is 9.64 Å². The van der Waals surface area contributed by atoms with E-state index in [0.717, 1.165) is 19.7 Å². The lowest BCUT2D eigenvalue weighted by atomic mass is 9.86. The van der Waals surface area contributed by atoms with E-state index in [1.807, 2.05) is 0 Å². The smallest absolute Gasteiger partial charge is 0.0713 e. The van der Waals surface area contributed by atoms with E-state index in [1.165, 1.54) is 50.3 Å². The topological polar surface area (TPSA) is 27.7 Å². The third-order valence-electron chi connectivity index (χ3n) is 4.77. The predicted molar refractivity (Wildman–Crippen MR) is 80.5 cm³/mol. The summed E-state index contributed by atoms with van der Waals surface area (Å²) in [4.78, 5) is 2.40. The van der Waals surface area contributed by atoms with Crippen molar-refractivity contribution in [3.8, 4) is 0 Å².